The molecule has 0 amide bonds. The molecule has 0 aromatic heterocycles. The second-order valence-electron chi connectivity index (χ2n) is 30.7. The van der Waals surface area contributed by atoms with E-state index in [1.807, 2.05) is 0 Å². The summed E-state index contributed by atoms with van der Waals surface area (Å²) in [4.78, 5) is 5.58. The van der Waals surface area contributed by atoms with Crippen LogP contribution in [-0.4, -0.2) is 6.71 Å². The average Bonchev–Trinajstić information content (AvgIpc) is 3.64. The van der Waals surface area contributed by atoms with E-state index in [0.717, 1.165) is 6.42 Å². The standard InChI is InChI=1S/C70H85BN2/c1-62(2,3)41-33-57-61-58(34-41)73(54-28-27-46(63(4,5)6)59-43-23-21-22-24-44(43)70(19,20)60(54)59)56-39-51-49(68(15,16)40-69(51,17)18)37-53(56)71(61)52-36-48-50(67(13,14)32-31-66(48,11)12)38-55(52)72(57)42-25-26-45-47(35-42)65(9,10)30-29-64(45,7)8/h21-28,33-39H,29-32,40H2,1-20H3. The lowest BCUT2D eigenvalue weighted by Gasteiger charge is -2.49. The minimum absolute atomic E-state index is 0.0243. The van der Waals surface area contributed by atoms with Crippen LogP contribution in [0.1, 0.15) is 226 Å². The zero-order chi connectivity index (χ0) is 52.5. The molecule has 378 valence electrons. The molecule has 6 aromatic rings. The van der Waals surface area contributed by atoms with Crippen LogP contribution in [0.2, 0.25) is 0 Å². The van der Waals surface area contributed by atoms with Crippen LogP contribution in [0, 0.1) is 0 Å². The van der Waals surface area contributed by atoms with Gasteiger partial charge in [0.1, 0.15) is 0 Å². The molecule has 2 aliphatic heterocycles. The Kier molecular flexibility index (Phi) is 9.83. The first-order valence-electron chi connectivity index (χ1n) is 28.3. The Balaban J connectivity index is 1.26. The number of rotatable bonds is 2. The molecule has 0 spiro atoms. The predicted molar refractivity (Wildman–Crippen MR) is 317 cm³/mol. The Morgan fingerprint density at radius 2 is 0.890 bits per heavy atom. The molecule has 0 saturated carbocycles. The lowest BCUT2D eigenvalue weighted by Crippen LogP contribution is -2.62. The Morgan fingerprint density at radius 1 is 0.411 bits per heavy atom. The highest BCUT2D eigenvalue weighted by atomic mass is 15.2. The molecular formula is C70H85BN2. The molecule has 4 aliphatic carbocycles. The molecule has 12 rings (SSSR count). The van der Waals surface area contributed by atoms with Crippen molar-refractivity contribution in [3.05, 3.63) is 147 Å². The number of benzene rings is 6. The Labute approximate surface area is 441 Å². The largest absolute Gasteiger partial charge is 0.311 e. The fourth-order valence-corrected chi connectivity index (χ4v) is 15.9. The molecule has 0 unspecified atom stereocenters. The van der Waals surface area contributed by atoms with E-state index in [9.17, 15) is 0 Å². The third kappa shape index (κ3) is 6.80. The summed E-state index contributed by atoms with van der Waals surface area (Å²) in [6.07, 6.45) is 5.87. The average molecular weight is 965 g/mol. The molecule has 0 bridgehead atoms. The van der Waals surface area contributed by atoms with E-state index >= 15 is 0 Å². The SMILES string of the molecule is CC(C)(C)c1cc2c3c(c1)N(c1ccc(C(C)(C)C)c4c1C(C)(C)c1ccccc1-4)c1cc4c(cc1B3c1cc3c(cc1N2c1ccc2c(c1)C(C)(C)CCC2(C)C)C(C)(C)CCC3(C)C)C(C)(C)CC4(C)C. The molecule has 3 heteroatoms. The quantitative estimate of drug-likeness (QED) is 0.159. The molecule has 6 aromatic carbocycles. The van der Waals surface area contributed by atoms with Gasteiger partial charge in [0.2, 0.25) is 0 Å². The van der Waals surface area contributed by atoms with Crippen LogP contribution in [0.3, 0.4) is 0 Å². The first kappa shape index (κ1) is 48.9. The zero-order valence-electron chi connectivity index (χ0n) is 48.7. The fraction of sp³-hybridized carbons (Fsp3) is 0.486. The van der Waals surface area contributed by atoms with Gasteiger partial charge in [-0.2, -0.15) is 0 Å². The molecule has 0 N–H and O–H groups in total. The number of anilines is 6. The van der Waals surface area contributed by atoms with Crippen LogP contribution >= 0.6 is 0 Å². The van der Waals surface area contributed by atoms with E-state index in [0.29, 0.717) is 0 Å². The van der Waals surface area contributed by atoms with E-state index < -0.39 is 0 Å². The maximum Gasteiger partial charge on any atom is 0.252 e. The molecule has 2 heterocycles. The molecule has 0 saturated heterocycles. The summed E-state index contributed by atoms with van der Waals surface area (Å²) in [6, 6.07) is 38.2. The normalized spacial score (nSPS) is 21.3. The second-order valence-corrected chi connectivity index (χ2v) is 30.7. The predicted octanol–water partition coefficient (Wildman–Crippen LogP) is 17.3. The van der Waals surface area contributed by atoms with E-state index in [4.69, 9.17) is 0 Å². The lowest BCUT2D eigenvalue weighted by molar-refractivity contribution is 0.332. The topological polar surface area (TPSA) is 6.48 Å². The molecular weight excluding hydrogens is 880 g/mol. The van der Waals surface area contributed by atoms with Crippen molar-refractivity contribution < 1.29 is 0 Å². The maximum atomic E-state index is 2.81. The minimum Gasteiger partial charge on any atom is -0.311 e. The van der Waals surface area contributed by atoms with Gasteiger partial charge in [0.25, 0.3) is 6.71 Å². The van der Waals surface area contributed by atoms with Crippen LogP contribution in [-0.2, 0) is 48.7 Å². The Hall–Kier alpha value is -5.02. The third-order valence-electron chi connectivity index (χ3n) is 20.2. The first-order valence-corrected chi connectivity index (χ1v) is 28.3. The Bertz CT molecular complexity index is 3390. The van der Waals surface area contributed by atoms with Gasteiger partial charge in [-0.25, -0.2) is 0 Å². The zero-order valence-corrected chi connectivity index (χ0v) is 48.7. The third-order valence-corrected chi connectivity index (χ3v) is 20.2. The van der Waals surface area contributed by atoms with Crippen molar-refractivity contribution in [2.45, 2.75) is 219 Å². The van der Waals surface area contributed by atoms with Crippen molar-refractivity contribution >= 4 is 57.2 Å². The van der Waals surface area contributed by atoms with Crippen molar-refractivity contribution in [2.24, 2.45) is 0 Å². The van der Waals surface area contributed by atoms with Crippen LogP contribution in [0.15, 0.2) is 91.0 Å². The van der Waals surface area contributed by atoms with E-state index in [1.165, 1.54) is 143 Å². The van der Waals surface area contributed by atoms with Gasteiger partial charge in [0.15, 0.2) is 0 Å². The lowest BCUT2D eigenvalue weighted by atomic mass is 9.32. The van der Waals surface area contributed by atoms with E-state index in [1.54, 1.807) is 0 Å². The molecule has 2 nitrogen and oxygen atoms in total. The number of nitrogens with zero attached hydrogens (tertiary/aromatic N) is 2. The van der Waals surface area contributed by atoms with Gasteiger partial charge in [-0.1, -0.05) is 187 Å². The van der Waals surface area contributed by atoms with Crippen molar-refractivity contribution in [2.75, 3.05) is 9.80 Å². The highest BCUT2D eigenvalue weighted by Crippen LogP contribution is 2.60. The van der Waals surface area contributed by atoms with E-state index in [-0.39, 0.29) is 55.4 Å². The van der Waals surface area contributed by atoms with Gasteiger partial charge in [0, 0.05) is 33.9 Å². The summed E-state index contributed by atoms with van der Waals surface area (Å²) in [5, 5.41) is 0. The van der Waals surface area contributed by atoms with Crippen molar-refractivity contribution in [1.29, 1.82) is 0 Å². The van der Waals surface area contributed by atoms with Gasteiger partial charge in [0.05, 0.1) is 5.69 Å². The van der Waals surface area contributed by atoms with Gasteiger partial charge in [-0.15, -0.1) is 0 Å². The smallest absolute Gasteiger partial charge is 0.252 e. The molecule has 6 aliphatic rings. The highest BCUT2D eigenvalue weighted by molar-refractivity contribution is 7.00. The summed E-state index contributed by atoms with van der Waals surface area (Å²) in [7, 11) is 0. The number of hydrogen-bond donors (Lipinski definition) is 0. The van der Waals surface area contributed by atoms with Crippen LogP contribution < -0.4 is 26.2 Å². The highest BCUT2D eigenvalue weighted by Gasteiger charge is 2.52. The van der Waals surface area contributed by atoms with Crippen molar-refractivity contribution in [3.8, 4) is 11.1 Å². The van der Waals surface area contributed by atoms with Crippen molar-refractivity contribution in [1.82, 2.24) is 0 Å². The second kappa shape index (κ2) is 14.7. The first-order chi connectivity index (χ1) is 33.7. The summed E-state index contributed by atoms with van der Waals surface area (Å²) in [5.74, 6) is 0. The molecule has 0 atom stereocenters. The molecule has 73 heavy (non-hydrogen) atoms. The summed E-state index contributed by atoms with van der Waals surface area (Å²) < 4.78 is 0. The van der Waals surface area contributed by atoms with E-state index in [2.05, 4.69) is 239 Å². The van der Waals surface area contributed by atoms with Crippen LogP contribution in [0.4, 0.5) is 34.1 Å². The monoisotopic (exact) mass is 965 g/mol. The van der Waals surface area contributed by atoms with Gasteiger partial charge < -0.3 is 9.80 Å². The van der Waals surface area contributed by atoms with Crippen LogP contribution in [0.5, 0.6) is 0 Å². The summed E-state index contributed by atoms with van der Waals surface area (Å²) >= 11 is 0. The molecule has 0 radical (unpaired) electrons. The van der Waals surface area contributed by atoms with Gasteiger partial charge >= 0.3 is 0 Å². The molecule has 0 fully saturated rings. The van der Waals surface area contributed by atoms with Gasteiger partial charge in [-0.05, 0) is 201 Å². The van der Waals surface area contributed by atoms with Crippen LogP contribution in [0.25, 0.3) is 11.1 Å². The Morgan fingerprint density at radius 3 is 1.45 bits per heavy atom. The maximum absolute atomic E-state index is 2.81. The number of fused-ring (bicyclic) bond motifs is 10. The summed E-state index contributed by atoms with van der Waals surface area (Å²) in [6.45, 7) is 49.6. The van der Waals surface area contributed by atoms with Gasteiger partial charge in [-0.3, -0.25) is 0 Å². The fourth-order valence-electron chi connectivity index (χ4n) is 15.9. The summed E-state index contributed by atoms with van der Waals surface area (Å²) in [5.41, 5.74) is 29.9. The van der Waals surface area contributed by atoms with Crippen molar-refractivity contribution in [3.63, 3.8) is 0 Å². The minimum atomic E-state index is -0.237. The number of hydrogen-bond acceptors (Lipinski definition) is 2.